The van der Waals surface area contributed by atoms with Gasteiger partial charge in [-0.1, -0.05) is 24.4 Å². The van der Waals surface area contributed by atoms with Crippen LogP contribution in [0.25, 0.3) is 0 Å². The summed E-state index contributed by atoms with van der Waals surface area (Å²) in [6.45, 7) is 2.41. The molecule has 19 heavy (non-hydrogen) atoms. The predicted octanol–water partition coefficient (Wildman–Crippen LogP) is 2.93. The zero-order valence-electron chi connectivity index (χ0n) is 11.2. The van der Waals surface area contributed by atoms with Gasteiger partial charge in [0.1, 0.15) is 0 Å². The SMILES string of the molecule is Cc1cc(Cl)ccc1C(=O)NCC1CCCCC1O. The van der Waals surface area contributed by atoms with E-state index in [1.54, 1.807) is 18.2 Å². The number of amides is 1. The third-order valence-corrected chi connectivity index (χ3v) is 4.06. The molecule has 1 saturated carbocycles. The number of carbonyl (C=O) groups is 1. The number of hydrogen-bond donors (Lipinski definition) is 2. The molecule has 2 rings (SSSR count). The fourth-order valence-electron chi connectivity index (χ4n) is 2.63. The Hall–Kier alpha value is -1.06. The van der Waals surface area contributed by atoms with Crippen LogP contribution < -0.4 is 5.32 Å². The molecule has 4 heteroatoms. The maximum Gasteiger partial charge on any atom is 0.251 e. The Balaban J connectivity index is 1.93. The lowest BCUT2D eigenvalue weighted by molar-refractivity contribution is 0.0663. The van der Waals surface area contributed by atoms with Crippen LogP contribution in [0.15, 0.2) is 18.2 Å². The Labute approximate surface area is 119 Å². The van der Waals surface area contributed by atoms with Crippen LogP contribution in [-0.2, 0) is 0 Å². The van der Waals surface area contributed by atoms with Crippen LogP contribution in [0.5, 0.6) is 0 Å². The molecule has 3 nitrogen and oxygen atoms in total. The van der Waals surface area contributed by atoms with Crippen LogP contribution in [0.2, 0.25) is 5.02 Å². The van der Waals surface area contributed by atoms with Gasteiger partial charge in [-0.25, -0.2) is 0 Å². The molecular formula is C15H20ClNO2. The smallest absolute Gasteiger partial charge is 0.251 e. The number of benzene rings is 1. The van der Waals surface area contributed by atoms with Crippen molar-refractivity contribution in [2.24, 2.45) is 5.92 Å². The quantitative estimate of drug-likeness (QED) is 0.895. The van der Waals surface area contributed by atoms with Crippen LogP contribution in [0.1, 0.15) is 41.6 Å². The molecule has 2 N–H and O–H groups in total. The van der Waals surface area contributed by atoms with Crippen molar-refractivity contribution in [2.45, 2.75) is 38.7 Å². The van der Waals surface area contributed by atoms with E-state index >= 15 is 0 Å². The van der Waals surface area contributed by atoms with Gasteiger partial charge in [0.2, 0.25) is 0 Å². The Morgan fingerprint density at radius 3 is 2.84 bits per heavy atom. The second kappa shape index (κ2) is 6.40. The lowest BCUT2D eigenvalue weighted by Crippen LogP contribution is -2.36. The average Bonchev–Trinajstić information content (AvgIpc) is 2.37. The minimum absolute atomic E-state index is 0.0908. The number of rotatable bonds is 3. The first-order chi connectivity index (χ1) is 9.08. The molecule has 0 aromatic heterocycles. The van der Waals surface area contributed by atoms with E-state index in [9.17, 15) is 9.90 Å². The largest absolute Gasteiger partial charge is 0.393 e. The predicted molar refractivity (Wildman–Crippen MR) is 76.5 cm³/mol. The molecular weight excluding hydrogens is 262 g/mol. The fraction of sp³-hybridized carbons (Fsp3) is 0.533. The molecule has 0 saturated heterocycles. The van der Waals surface area contributed by atoms with Crippen molar-refractivity contribution in [2.75, 3.05) is 6.54 Å². The van der Waals surface area contributed by atoms with Crippen LogP contribution in [-0.4, -0.2) is 23.7 Å². The molecule has 2 atom stereocenters. The van der Waals surface area contributed by atoms with E-state index < -0.39 is 0 Å². The lowest BCUT2D eigenvalue weighted by atomic mass is 9.86. The molecule has 1 aromatic carbocycles. The number of hydrogen-bond acceptors (Lipinski definition) is 2. The standard InChI is InChI=1S/C15H20ClNO2/c1-10-8-12(16)6-7-13(10)15(19)17-9-11-4-2-3-5-14(11)18/h6-8,11,14,18H,2-5,9H2,1H3,(H,17,19). The zero-order valence-corrected chi connectivity index (χ0v) is 11.9. The van der Waals surface area contributed by atoms with Gasteiger partial charge in [-0.2, -0.15) is 0 Å². The molecule has 0 heterocycles. The van der Waals surface area contributed by atoms with Gasteiger partial charge in [0, 0.05) is 23.0 Å². The molecule has 2 unspecified atom stereocenters. The molecule has 0 radical (unpaired) electrons. The number of carbonyl (C=O) groups excluding carboxylic acids is 1. The van der Waals surface area contributed by atoms with E-state index in [1.165, 1.54) is 0 Å². The molecule has 0 bridgehead atoms. The third-order valence-electron chi connectivity index (χ3n) is 3.83. The van der Waals surface area contributed by atoms with E-state index in [0.717, 1.165) is 31.2 Å². The molecule has 104 valence electrons. The minimum atomic E-state index is -0.277. The van der Waals surface area contributed by atoms with E-state index in [-0.39, 0.29) is 17.9 Å². The van der Waals surface area contributed by atoms with Gasteiger partial charge >= 0.3 is 0 Å². The average molecular weight is 282 g/mol. The Morgan fingerprint density at radius 1 is 1.42 bits per heavy atom. The van der Waals surface area contributed by atoms with E-state index in [2.05, 4.69) is 5.32 Å². The topological polar surface area (TPSA) is 49.3 Å². The van der Waals surface area contributed by atoms with Crippen LogP contribution >= 0.6 is 11.6 Å². The summed E-state index contributed by atoms with van der Waals surface area (Å²) >= 11 is 5.87. The summed E-state index contributed by atoms with van der Waals surface area (Å²) in [6, 6.07) is 5.25. The number of aryl methyl sites for hydroxylation is 1. The molecule has 1 fully saturated rings. The zero-order chi connectivity index (χ0) is 13.8. The normalized spacial score (nSPS) is 23.1. The second-order valence-corrected chi connectivity index (χ2v) is 5.72. The van der Waals surface area contributed by atoms with Crippen molar-refractivity contribution in [1.82, 2.24) is 5.32 Å². The van der Waals surface area contributed by atoms with Crippen LogP contribution in [0.4, 0.5) is 0 Å². The third kappa shape index (κ3) is 3.71. The first kappa shape index (κ1) is 14.4. The summed E-state index contributed by atoms with van der Waals surface area (Å²) in [5.41, 5.74) is 1.52. The number of halogens is 1. The highest BCUT2D eigenvalue weighted by molar-refractivity contribution is 6.30. The Bertz CT molecular complexity index is 461. The number of nitrogens with one attached hydrogen (secondary N) is 1. The molecule has 1 aromatic rings. The summed E-state index contributed by atoms with van der Waals surface area (Å²) in [7, 11) is 0. The maximum atomic E-state index is 12.1. The second-order valence-electron chi connectivity index (χ2n) is 5.28. The highest BCUT2D eigenvalue weighted by Crippen LogP contribution is 2.23. The minimum Gasteiger partial charge on any atom is -0.393 e. The van der Waals surface area contributed by atoms with Gasteiger partial charge in [-0.05, 0) is 43.5 Å². The summed E-state index contributed by atoms with van der Waals surface area (Å²) in [6.07, 6.45) is 3.78. The van der Waals surface area contributed by atoms with Gasteiger partial charge in [0.05, 0.1) is 6.10 Å². The first-order valence-corrected chi connectivity index (χ1v) is 7.18. The molecule has 0 aliphatic heterocycles. The van der Waals surface area contributed by atoms with Crippen molar-refractivity contribution >= 4 is 17.5 Å². The molecule has 0 spiro atoms. The summed E-state index contributed by atoms with van der Waals surface area (Å²) in [5, 5.41) is 13.4. The molecule has 1 aliphatic carbocycles. The van der Waals surface area contributed by atoms with Crippen molar-refractivity contribution in [1.29, 1.82) is 0 Å². The van der Waals surface area contributed by atoms with Crippen LogP contribution in [0, 0.1) is 12.8 Å². The van der Waals surface area contributed by atoms with Gasteiger partial charge in [-0.3, -0.25) is 4.79 Å². The summed E-state index contributed by atoms with van der Waals surface area (Å²) in [5.74, 6) is 0.0947. The van der Waals surface area contributed by atoms with E-state index in [1.807, 2.05) is 6.92 Å². The Kier molecular flexibility index (Phi) is 4.83. The van der Waals surface area contributed by atoms with Crippen molar-refractivity contribution < 1.29 is 9.90 Å². The van der Waals surface area contributed by atoms with Gasteiger partial charge < -0.3 is 10.4 Å². The molecule has 1 amide bonds. The van der Waals surface area contributed by atoms with Crippen molar-refractivity contribution in [3.8, 4) is 0 Å². The Morgan fingerprint density at radius 2 is 2.16 bits per heavy atom. The van der Waals surface area contributed by atoms with Crippen molar-refractivity contribution in [3.05, 3.63) is 34.3 Å². The fourth-order valence-corrected chi connectivity index (χ4v) is 2.85. The number of aliphatic hydroxyl groups is 1. The van der Waals surface area contributed by atoms with E-state index in [4.69, 9.17) is 11.6 Å². The van der Waals surface area contributed by atoms with Gasteiger partial charge in [-0.15, -0.1) is 0 Å². The molecule has 1 aliphatic rings. The number of aliphatic hydroxyl groups excluding tert-OH is 1. The van der Waals surface area contributed by atoms with Gasteiger partial charge in [0.25, 0.3) is 5.91 Å². The van der Waals surface area contributed by atoms with Crippen molar-refractivity contribution in [3.63, 3.8) is 0 Å². The summed E-state index contributed by atoms with van der Waals surface area (Å²) in [4.78, 5) is 12.1. The van der Waals surface area contributed by atoms with Gasteiger partial charge in [0.15, 0.2) is 0 Å². The monoisotopic (exact) mass is 281 g/mol. The first-order valence-electron chi connectivity index (χ1n) is 6.80. The summed E-state index contributed by atoms with van der Waals surface area (Å²) < 4.78 is 0. The maximum absolute atomic E-state index is 12.1. The van der Waals surface area contributed by atoms with Crippen LogP contribution in [0.3, 0.4) is 0 Å². The highest BCUT2D eigenvalue weighted by atomic mass is 35.5. The lowest BCUT2D eigenvalue weighted by Gasteiger charge is -2.27. The highest BCUT2D eigenvalue weighted by Gasteiger charge is 2.23. The van der Waals surface area contributed by atoms with E-state index in [0.29, 0.717) is 17.1 Å².